The van der Waals surface area contributed by atoms with E-state index in [-0.39, 0.29) is 18.0 Å². The number of hydrogen-bond acceptors (Lipinski definition) is 4. The van der Waals surface area contributed by atoms with Crippen LogP contribution in [0.3, 0.4) is 0 Å². The largest absolute Gasteiger partial charge is 0.458 e. The maximum Gasteiger partial charge on any atom is 0.313 e. The summed E-state index contributed by atoms with van der Waals surface area (Å²) in [6, 6.07) is 0. The van der Waals surface area contributed by atoms with Crippen molar-refractivity contribution in [1.29, 1.82) is 0 Å². The van der Waals surface area contributed by atoms with Crippen LogP contribution in [0.4, 0.5) is 0 Å². The second kappa shape index (κ2) is 11.0. The van der Waals surface area contributed by atoms with Crippen LogP contribution in [0.5, 0.6) is 0 Å². The highest BCUT2D eigenvalue weighted by Crippen LogP contribution is 2.27. The summed E-state index contributed by atoms with van der Waals surface area (Å²) in [5, 5.41) is 0. The molecule has 1 heterocycles. The summed E-state index contributed by atoms with van der Waals surface area (Å²) in [4.78, 5) is 23.0. The molecule has 0 aromatic rings. The fourth-order valence-electron chi connectivity index (χ4n) is 2.99. The van der Waals surface area contributed by atoms with Gasteiger partial charge in [0.25, 0.3) is 0 Å². The lowest BCUT2D eigenvalue weighted by Crippen LogP contribution is -2.30. The predicted molar refractivity (Wildman–Crippen MR) is 105 cm³/mol. The Kier molecular flexibility index (Phi) is 9.39. The van der Waals surface area contributed by atoms with Gasteiger partial charge in [-0.15, -0.1) is 0 Å². The summed E-state index contributed by atoms with van der Waals surface area (Å²) in [6.07, 6.45) is 10.6. The first kappa shape index (κ1) is 22.2. The minimum absolute atomic E-state index is 0.290. The maximum absolute atomic E-state index is 11.8. The van der Waals surface area contributed by atoms with Gasteiger partial charge in [-0.05, 0) is 60.3 Å². The summed E-state index contributed by atoms with van der Waals surface area (Å²) in [7, 11) is 0. The molecular weight excluding hydrogens is 328 g/mol. The molecule has 1 rings (SSSR count). The van der Waals surface area contributed by atoms with Gasteiger partial charge < -0.3 is 9.47 Å². The molecule has 0 aliphatic carbocycles. The molecule has 3 unspecified atom stereocenters. The zero-order valence-corrected chi connectivity index (χ0v) is 17.1. The van der Waals surface area contributed by atoms with Crippen molar-refractivity contribution < 1.29 is 19.1 Å². The van der Waals surface area contributed by atoms with Crippen LogP contribution in [-0.4, -0.2) is 24.1 Å². The third kappa shape index (κ3) is 8.03. The minimum Gasteiger partial charge on any atom is -0.458 e. The number of esters is 2. The number of carbonyl (C=O) groups excluding carboxylic acids is 2. The molecular formula is C22H34O4. The number of hydrogen-bond donors (Lipinski definition) is 0. The molecule has 0 radical (unpaired) electrons. The predicted octanol–water partition coefficient (Wildman–Crippen LogP) is 5.29. The van der Waals surface area contributed by atoms with E-state index in [1.54, 1.807) is 6.92 Å². The molecule has 1 aliphatic rings. The molecule has 4 nitrogen and oxygen atoms in total. The van der Waals surface area contributed by atoms with Gasteiger partial charge in [0.2, 0.25) is 0 Å². The van der Waals surface area contributed by atoms with Gasteiger partial charge >= 0.3 is 11.9 Å². The van der Waals surface area contributed by atoms with Gasteiger partial charge in [0, 0.05) is 13.3 Å². The number of cyclic esters (lactones) is 1. The van der Waals surface area contributed by atoms with E-state index >= 15 is 0 Å². The van der Waals surface area contributed by atoms with Crippen LogP contribution < -0.4 is 0 Å². The highest BCUT2D eigenvalue weighted by atomic mass is 16.6. The maximum atomic E-state index is 11.8. The summed E-state index contributed by atoms with van der Waals surface area (Å²) in [5.74, 6) is -1.06. The molecule has 0 aromatic heterocycles. The Balaban J connectivity index is 2.46. The molecule has 0 saturated carbocycles. The minimum atomic E-state index is -0.485. The lowest BCUT2D eigenvalue weighted by Gasteiger charge is -2.18. The van der Waals surface area contributed by atoms with E-state index in [1.807, 2.05) is 0 Å². The van der Waals surface area contributed by atoms with Crippen LogP contribution in [-0.2, 0) is 19.1 Å². The Labute approximate surface area is 158 Å². The van der Waals surface area contributed by atoms with E-state index in [0.29, 0.717) is 6.42 Å². The van der Waals surface area contributed by atoms with Gasteiger partial charge in [0.15, 0.2) is 6.10 Å². The Morgan fingerprint density at radius 1 is 1.00 bits per heavy atom. The van der Waals surface area contributed by atoms with Gasteiger partial charge in [-0.2, -0.15) is 0 Å². The molecule has 1 fully saturated rings. The number of allylic oxidation sites excluding steroid dienone is 5. The Morgan fingerprint density at radius 3 is 2.15 bits per heavy atom. The lowest BCUT2D eigenvalue weighted by molar-refractivity contribution is -0.150. The standard InChI is InChI=1S/C22H34O4/c1-15(2)9-7-10-16(3)11-8-12-17(4)13-14-20-21(25-19(6)23)18(5)22(24)26-20/h9,11,13,18,20-21H,7-8,10,12,14H2,1-6H3/b16-11+,17-13+. The molecule has 0 spiro atoms. The van der Waals surface area contributed by atoms with Crippen LogP contribution in [0.15, 0.2) is 34.9 Å². The zero-order valence-electron chi connectivity index (χ0n) is 17.1. The summed E-state index contributed by atoms with van der Waals surface area (Å²) in [5.41, 5.74) is 4.05. The second-order valence-corrected chi connectivity index (χ2v) is 7.53. The first-order chi connectivity index (χ1) is 12.2. The number of carbonyl (C=O) groups is 2. The van der Waals surface area contributed by atoms with E-state index in [0.717, 1.165) is 25.7 Å². The van der Waals surface area contributed by atoms with Gasteiger partial charge in [0.1, 0.15) is 6.10 Å². The van der Waals surface area contributed by atoms with E-state index in [1.165, 1.54) is 23.6 Å². The highest BCUT2D eigenvalue weighted by Gasteiger charge is 2.43. The zero-order chi connectivity index (χ0) is 19.7. The molecule has 0 amide bonds. The molecule has 26 heavy (non-hydrogen) atoms. The molecule has 1 aliphatic heterocycles. The molecule has 146 valence electrons. The monoisotopic (exact) mass is 362 g/mol. The van der Waals surface area contributed by atoms with Crippen molar-refractivity contribution in [2.45, 2.75) is 85.9 Å². The van der Waals surface area contributed by atoms with Crippen molar-refractivity contribution in [2.24, 2.45) is 5.92 Å². The fourth-order valence-corrected chi connectivity index (χ4v) is 2.99. The summed E-state index contributed by atoms with van der Waals surface area (Å²) >= 11 is 0. The van der Waals surface area contributed by atoms with Gasteiger partial charge in [-0.1, -0.05) is 34.9 Å². The summed E-state index contributed by atoms with van der Waals surface area (Å²) in [6.45, 7) is 11.6. The highest BCUT2D eigenvalue weighted by molar-refractivity contribution is 5.76. The van der Waals surface area contributed by atoms with Crippen molar-refractivity contribution >= 4 is 11.9 Å². The van der Waals surface area contributed by atoms with Crippen LogP contribution in [0, 0.1) is 5.92 Å². The molecule has 1 saturated heterocycles. The van der Waals surface area contributed by atoms with Crippen molar-refractivity contribution in [2.75, 3.05) is 0 Å². The Hall–Kier alpha value is -1.84. The van der Waals surface area contributed by atoms with E-state index in [4.69, 9.17) is 9.47 Å². The van der Waals surface area contributed by atoms with Crippen molar-refractivity contribution in [3.05, 3.63) is 34.9 Å². The first-order valence-electron chi connectivity index (χ1n) is 9.53. The average molecular weight is 363 g/mol. The Bertz CT molecular complexity index is 579. The first-order valence-corrected chi connectivity index (χ1v) is 9.53. The van der Waals surface area contributed by atoms with E-state index in [9.17, 15) is 9.59 Å². The van der Waals surface area contributed by atoms with E-state index in [2.05, 4.69) is 45.9 Å². The lowest BCUT2D eigenvalue weighted by atomic mass is 9.99. The van der Waals surface area contributed by atoms with E-state index < -0.39 is 12.0 Å². The number of ether oxygens (including phenoxy) is 2. The van der Waals surface area contributed by atoms with Crippen LogP contribution in [0.1, 0.15) is 73.6 Å². The van der Waals surface area contributed by atoms with Crippen molar-refractivity contribution in [3.8, 4) is 0 Å². The van der Waals surface area contributed by atoms with Crippen LogP contribution >= 0.6 is 0 Å². The molecule has 0 bridgehead atoms. The topological polar surface area (TPSA) is 52.6 Å². The SMILES string of the molecule is CC(=O)OC1C(C/C=C(\C)CC/C=C(\C)CCC=C(C)C)OC(=O)C1C. The van der Waals surface area contributed by atoms with Crippen LogP contribution in [0.2, 0.25) is 0 Å². The van der Waals surface area contributed by atoms with Gasteiger partial charge in [0.05, 0.1) is 5.92 Å². The average Bonchev–Trinajstić information content (AvgIpc) is 2.80. The van der Waals surface area contributed by atoms with Crippen molar-refractivity contribution in [3.63, 3.8) is 0 Å². The molecule has 0 N–H and O–H groups in total. The van der Waals surface area contributed by atoms with Gasteiger partial charge in [-0.3, -0.25) is 9.59 Å². The smallest absolute Gasteiger partial charge is 0.313 e. The quantitative estimate of drug-likeness (QED) is 0.413. The fraction of sp³-hybridized carbons (Fsp3) is 0.636. The third-order valence-electron chi connectivity index (χ3n) is 4.62. The van der Waals surface area contributed by atoms with Crippen molar-refractivity contribution in [1.82, 2.24) is 0 Å². The molecule has 0 aromatic carbocycles. The number of rotatable bonds is 9. The Morgan fingerprint density at radius 2 is 1.58 bits per heavy atom. The second-order valence-electron chi connectivity index (χ2n) is 7.53. The molecule has 3 atom stereocenters. The third-order valence-corrected chi connectivity index (χ3v) is 4.62. The molecule has 4 heteroatoms. The normalized spacial score (nSPS) is 23.6. The van der Waals surface area contributed by atoms with Gasteiger partial charge in [-0.25, -0.2) is 0 Å². The van der Waals surface area contributed by atoms with Crippen LogP contribution in [0.25, 0.3) is 0 Å². The summed E-state index contributed by atoms with van der Waals surface area (Å²) < 4.78 is 10.6.